The zero-order chi connectivity index (χ0) is 12.5. The van der Waals surface area contributed by atoms with Crippen molar-refractivity contribution in [3.63, 3.8) is 0 Å². The predicted molar refractivity (Wildman–Crippen MR) is 68.1 cm³/mol. The molecule has 1 aromatic heterocycles. The Morgan fingerprint density at radius 2 is 2.28 bits per heavy atom. The Hall–Kier alpha value is -1.40. The molecule has 2 saturated heterocycles. The van der Waals surface area contributed by atoms with Gasteiger partial charge in [-0.25, -0.2) is 0 Å². The second-order valence-electron chi connectivity index (χ2n) is 4.60. The lowest BCUT2D eigenvalue weighted by atomic mass is 9.99. The van der Waals surface area contributed by atoms with Gasteiger partial charge in [0.2, 0.25) is 11.8 Å². The summed E-state index contributed by atoms with van der Waals surface area (Å²) < 4.78 is 0. The highest BCUT2D eigenvalue weighted by molar-refractivity contribution is 7.10. The van der Waals surface area contributed by atoms with E-state index in [0.717, 1.165) is 18.0 Å². The molecular formula is C12H15N3O2S. The number of amides is 2. The second kappa shape index (κ2) is 4.70. The lowest BCUT2D eigenvalue weighted by molar-refractivity contribution is -0.147. The largest absolute Gasteiger partial charge is 0.352 e. The van der Waals surface area contributed by atoms with Crippen molar-refractivity contribution in [3.8, 4) is 0 Å². The molecule has 2 aliphatic rings. The number of piperazine rings is 1. The molecule has 2 N–H and O–H groups in total. The molecule has 1 unspecified atom stereocenters. The van der Waals surface area contributed by atoms with Crippen LogP contribution in [0.5, 0.6) is 0 Å². The summed E-state index contributed by atoms with van der Waals surface area (Å²) in [5.74, 6) is 0.0738. The van der Waals surface area contributed by atoms with Gasteiger partial charge in [0.15, 0.2) is 0 Å². The Kier molecular flexibility index (Phi) is 3.05. The van der Waals surface area contributed by atoms with Crippen LogP contribution in [-0.2, 0) is 9.59 Å². The Morgan fingerprint density at radius 3 is 2.89 bits per heavy atom. The molecule has 3 rings (SSSR count). The summed E-state index contributed by atoms with van der Waals surface area (Å²) in [7, 11) is 0. The second-order valence-corrected chi connectivity index (χ2v) is 5.58. The zero-order valence-corrected chi connectivity index (χ0v) is 10.7. The van der Waals surface area contributed by atoms with Crippen molar-refractivity contribution in [2.45, 2.75) is 6.04 Å². The van der Waals surface area contributed by atoms with Crippen molar-refractivity contribution in [2.24, 2.45) is 5.92 Å². The Balaban J connectivity index is 1.85. The van der Waals surface area contributed by atoms with E-state index in [1.807, 2.05) is 17.5 Å². The van der Waals surface area contributed by atoms with E-state index in [0.29, 0.717) is 13.1 Å². The molecule has 6 heteroatoms. The first-order valence-electron chi connectivity index (χ1n) is 6.09. The number of carbonyl (C=O) groups excluding carboxylic acids is 2. The number of rotatable bonds is 2. The molecule has 3 heterocycles. The first-order chi connectivity index (χ1) is 8.77. The summed E-state index contributed by atoms with van der Waals surface area (Å²) >= 11 is 1.52. The quantitative estimate of drug-likeness (QED) is 0.789. The van der Waals surface area contributed by atoms with Crippen LogP contribution in [0.2, 0.25) is 0 Å². The maximum absolute atomic E-state index is 12.3. The van der Waals surface area contributed by atoms with Crippen LogP contribution in [0.3, 0.4) is 0 Å². The number of carbonyl (C=O) groups is 2. The molecule has 2 amide bonds. The maximum Gasteiger partial charge on any atom is 0.248 e. The van der Waals surface area contributed by atoms with Gasteiger partial charge in [-0.3, -0.25) is 9.59 Å². The molecule has 0 aliphatic carbocycles. The van der Waals surface area contributed by atoms with Gasteiger partial charge in [0.25, 0.3) is 0 Å². The van der Waals surface area contributed by atoms with Gasteiger partial charge in [0, 0.05) is 31.1 Å². The van der Waals surface area contributed by atoms with Crippen molar-refractivity contribution in [1.29, 1.82) is 0 Å². The third-order valence-corrected chi connectivity index (χ3v) is 4.36. The average Bonchev–Trinajstić information content (AvgIpc) is 2.79. The minimum absolute atomic E-state index is 0.0402. The van der Waals surface area contributed by atoms with Crippen LogP contribution in [0.4, 0.5) is 0 Å². The fourth-order valence-electron chi connectivity index (χ4n) is 2.33. The Labute approximate surface area is 109 Å². The van der Waals surface area contributed by atoms with Crippen LogP contribution in [0.1, 0.15) is 10.9 Å². The third kappa shape index (κ3) is 1.91. The molecule has 2 aliphatic heterocycles. The van der Waals surface area contributed by atoms with Crippen LogP contribution in [0, 0.1) is 5.92 Å². The predicted octanol–water partition coefficient (Wildman–Crippen LogP) is -0.0330. The van der Waals surface area contributed by atoms with Crippen molar-refractivity contribution < 1.29 is 9.59 Å². The molecule has 1 aromatic rings. The summed E-state index contributed by atoms with van der Waals surface area (Å²) in [6.07, 6.45) is 0. The van der Waals surface area contributed by atoms with Crippen LogP contribution in [0.15, 0.2) is 17.5 Å². The van der Waals surface area contributed by atoms with Crippen LogP contribution in [-0.4, -0.2) is 42.9 Å². The first kappa shape index (κ1) is 11.7. The fourth-order valence-corrected chi connectivity index (χ4v) is 3.17. The summed E-state index contributed by atoms with van der Waals surface area (Å²) in [6.45, 7) is 2.61. The highest BCUT2D eigenvalue weighted by atomic mass is 32.1. The Morgan fingerprint density at radius 1 is 1.44 bits per heavy atom. The minimum atomic E-state index is -0.438. The number of nitrogens with one attached hydrogen (secondary N) is 2. The van der Waals surface area contributed by atoms with Gasteiger partial charge < -0.3 is 15.5 Å². The highest BCUT2D eigenvalue weighted by Crippen LogP contribution is 2.28. The molecule has 0 radical (unpaired) electrons. The maximum atomic E-state index is 12.3. The van der Waals surface area contributed by atoms with E-state index in [4.69, 9.17) is 0 Å². The highest BCUT2D eigenvalue weighted by Gasteiger charge is 2.39. The topological polar surface area (TPSA) is 61.4 Å². The van der Waals surface area contributed by atoms with E-state index in [2.05, 4.69) is 10.6 Å². The number of hydrogen-bond acceptors (Lipinski definition) is 4. The Bertz CT molecular complexity index is 456. The summed E-state index contributed by atoms with van der Waals surface area (Å²) in [5, 5.41) is 7.87. The van der Waals surface area contributed by atoms with Gasteiger partial charge in [-0.2, -0.15) is 0 Å². The normalized spacial score (nSPS) is 24.6. The summed E-state index contributed by atoms with van der Waals surface area (Å²) in [4.78, 5) is 27.0. The number of hydrogen-bond donors (Lipinski definition) is 2. The summed E-state index contributed by atoms with van der Waals surface area (Å²) in [6, 6.07) is 3.39. The van der Waals surface area contributed by atoms with Crippen LogP contribution < -0.4 is 10.6 Å². The van der Waals surface area contributed by atoms with E-state index < -0.39 is 6.04 Å². The lowest BCUT2D eigenvalue weighted by Crippen LogP contribution is -2.58. The molecule has 0 spiro atoms. The molecule has 0 aromatic carbocycles. The smallest absolute Gasteiger partial charge is 0.248 e. The molecule has 96 valence electrons. The zero-order valence-electron chi connectivity index (χ0n) is 9.89. The first-order valence-corrected chi connectivity index (χ1v) is 6.97. The van der Waals surface area contributed by atoms with Crippen LogP contribution >= 0.6 is 11.3 Å². The fraction of sp³-hybridized carbons (Fsp3) is 0.500. The molecule has 18 heavy (non-hydrogen) atoms. The van der Waals surface area contributed by atoms with E-state index in [1.165, 1.54) is 11.3 Å². The SMILES string of the molecule is O=C1NCCN(C(=O)C2CNC2)C1c1cccs1. The van der Waals surface area contributed by atoms with Crippen molar-refractivity contribution >= 4 is 23.2 Å². The lowest BCUT2D eigenvalue weighted by Gasteiger charge is -2.39. The van der Waals surface area contributed by atoms with Crippen molar-refractivity contribution in [1.82, 2.24) is 15.5 Å². The van der Waals surface area contributed by atoms with Gasteiger partial charge in [0.1, 0.15) is 6.04 Å². The number of nitrogens with zero attached hydrogens (tertiary/aromatic N) is 1. The van der Waals surface area contributed by atoms with E-state index >= 15 is 0 Å². The van der Waals surface area contributed by atoms with Crippen LogP contribution in [0.25, 0.3) is 0 Å². The average molecular weight is 265 g/mol. The molecule has 1 atom stereocenters. The van der Waals surface area contributed by atoms with E-state index in [9.17, 15) is 9.59 Å². The van der Waals surface area contributed by atoms with Crippen molar-refractivity contribution in [2.75, 3.05) is 26.2 Å². The van der Waals surface area contributed by atoms with Gasteiger partial charge in [-0.1, -0.05) is 6.07 Å². The molecule has 0 bridgehead atoms. The van der Waals surface area contributed by atoms with E-state index in [-0.39, 0.29) is 17.7 Å². The summed E-state index contributed by atoms with van der Waals surface area (Å²) in [5.41, 5.74) is 0. The van der Waals surface area contributed by atoms with Crippen molar-refractivity contribution in [3.05, 3.63) is 22.4 Å². The molecule has 5 nitrogen and oxygen atoms in total. The van der Waals surface area contributed by atoms with Gasteiger partial charge in [-0.15, -0.1) is 11.3 Å². The molecular weight excluding hydrogens is 250 g/mol. The van der Waals surface area contributed by atoms with Gasteiger partial charge >= 0.3 is 0 Å². The van der Waals surface area contributed by atoms with Gasteiger partial charge in [0.05, 0.1) is 5.92 Å². The standard InChI is InChI=1S/C12H15N3O2S/c16-11-10(9-2-1-5-18-9)15(4-3-14-11)12(17)8-6-13-7-8/h1-2,5,8,10,13H,3-4,6-7H2,(H,14,16). The minimum Gasteiger partial charge on any atom is -0.352 e. The monoisotopic (exact) mass is 265 g/mol. The molecule has 2 fully saturated rings. The third-order valence-electron chi connectivity index (χ3n) is 3.44. The van der Waals surface area contributed by atoms with E-state index in [1.54, 1.807) is 4.90 Å². The van der Waals surface area contributed by atoms with Gasteiger partial charge in [-0.05, 0) is 11.4 Å². The number of thiophene rings is 1. The molecule has 0 saturated carbocycles.